The predicted molar refractivity (Wildman–Crippen MR) is 97.8 cm³/mol. The Morgan fingerprint density at radius 3 is 2.83 bits per heavy atom. The van der Waals surface area contributed by atoms with Crippen molar-refractivity contribution in [2.24, 2.45) is 0 Å². The Bertz CT molecular complexity index is 843. The molecule has 5 nitrogen and oxygen atoms in total. The molecular formula is C18H19N3O2S. The molecule has 3 aromatic rings. The lowest BCUT2D eigenvalue weighted by Gasteiger charge is -2.14. The zero-order chi connectivity index (χ0) is 17.1. The Hall–Kier alpha value is -2.47. The number of para-hydroxylation sites is 2. The quantitative estimate of drug-likeness (QED) is 0.688. The summed E-state index contributed by atoms with van der Waals surface area (Å²) < 4.78 is 5.30. The van der Waals surface area contributed by atoms with Gasteiger partial charge in [-0.1, -0.05) is 30.0 Å². The number of thioether (sulfide) groups is 1. The number of anilines is 1. The second-order valence-electron chi connectivity index (χ2n) is 5.51. The maximum atomic E-state index is 12.5. The van der Waals surface area contributed by atoms with Gasteiger partial charge in [-0.3, -0.25) is 4.79 Å². The molecule has 3 rings (SSSR count). The number of hydrogen-bond donors (Lipinski definition) is 2. The molecule has 0 aliphatic heterocycles. The summed E-state index contributed by atoms with van der Waals surface area (Å²) >= 11 is 1.39. The molecule has 2 N–H and O–H groups in total. The van der Waals surface area contributed by atoms with Crippen LogP contribution in [0.4, 0.5) is 5.69 Å². The van der Waals surface area contributed by atoms with Gasteiger partial charge >= 0.3 is 0 Å². The van der Waals surface area contributed by atoms with E-state index in [0.717, 1.165) is 21.8 Å². The number of hydrogen-bond acceptors (Lipinski definition) is 4. The first kappa shape index (κ1) is 16.4. The summed E-state index contributed by atoms with van der Waals surface area (Å²) in [6.45, 7) is 3.83. The molecule has 1 aromatic heterocycles. The van der Waals surface area contributed by atoms with E-state index in [-0.39, 0.29) is 11.2 Å². The van der Waals surface area contributed by atoms with Crippen molar-refractivity contribution in [3.05, 3.63) is 48.0 Å². The molecule has 0 saturated carbocycles. The van der Waals surface area contributed by atoms with Crippen LogP contribution in [-0.2, 0) is 4.79 Å². The first-order valence-corrected chi connectivity index (χ1v) is 8.51. The average molecular weight is 341 g/mol. The normalized spacial score (nSPS) is 12.1. The highest BCUT2D eigenvalue weighted by Gasteiger charge is 2.18. The fourth-order valence-corrected chi connectivity index (χ4v) is 3.18. The van der Waals surface area contributed by atoms with Crippen LogP contribution in [0.1, 0.15) is 12.5 Å². The van der Waals surface area contributed by atoms with E-state index in [1.54, 1.807) is 7.11 Å². The lowest BCUT2D eigenvalue weighted by molar-refractivity contribution is -0.115. The average Bonchev–Trinajstić information content (AvgIpc) is 2.97. The summed E-state index contributed by atoms with van der Waals surface area (Å²) in [6.07, 6.45) is 0. The van der Waals surface area contributed by atoms with Gasteiger partial charge in [0.2, 0.25) is 5.91 Å². The van der Waals surface area contributed by atoms with Crippen molar-refractivity contribution in [1.29, 1.82) is 0 Å². The third kappa shape index (κ3) is 3.54. The third-order valence-electron chi connectivity index (χ3n) is 3.64. The zero-order valence-electron chi connectivity index (χ0n) is 13.8. The largest absolute Gasteiger partial charge is 0.495 e. The molecule has 124 valence electrons. The van der Waals surface area contributed by atoms with Gasteiger partial charge in [-0.2, -0.15) is 0 Å². The van der Waals surface area contributed by atoms with Crippen molar-refractivity contribution in [3.8, 4) is 5.75 Å². The highest BCUT2D eigenvalue weighted by Crippen LogP contribution is 2.28. The summed E-state index contributed by atoms with van der Waals surface area (Å²) in [5.74, 6) is 0.555. The van der Waals surface area contributed by atoms with Gasteiger partial charge in [0.15, 0.2) is 5.16 Å². The number of aromatic amines is 1. The van der Waals surface area contributed by atoms with Gasteiger partial charge in [-0.05, 0) is 43.7 Å². The second-order valence-corrected chi connectivity index (χ2v) is 6.84. The van der Waals surface area contributed by atoms with E-state index in [1.165, 1.54) is 11.8 Å². The van der Waals surface area contributed by atoms with Gasteiger partial charge in [0.1, 0.15) is 5.75 Å². The van der Waals surface area contributed by atoms with Crippen LogP contribution in [0, 0.1) is 6.92 Å². The summed E-state index contributed by atoms with van der Waals surface area (Å²) in [6, 6.07) is 13.5. The number of imidazole rings is 1. The van der Waals surface area contributed by atoms with Crippen LogP contribution in [0.2, 0.25) is 0 Å². The van der Waals surface area contributed by atoms with Gasteiger partial charge in [-0.15, -0.1) is 0 Å². The van der Waals surface area contributed by atoms with E-state index >= 15 is 0 Å². The molecule has 24 heavy (non-hydrogen) atoms. The molecule has 0 aliphatic carbocycles. The summed E-state index contributed by atoms with van der Waals surface area (Å²) in [7, 11) is 1.59. The second kappa shape index (κ2) is 6.97. The number of methoxy groups -OCH3 is 1. The monoisotopic (exact) mass is 341 g/mol. The number of aromatic nitrogens is 2. The van der Waals surface area contributed by atoms with Crippen molar-refractivity contribution in [2.75, 3.05) is 12.4 Å². The highest BCUT2D eigenvalue weighted by atomic mass is 32.2. The fourth-order valence-electron chi connectivity index (χ4n) is 2.36. The van der Waals surface area contributed by atoms with E-state index in [0.29, 0.717) is 11.4 Å². The first-order valence-electron chi connectivity index (χ1n) is 7.63. The molecule has 0 saturated heterocycles. The van der Waals surface area contributed by atoms with E-state index in [9.17, 15) is 4.79 Å². The Labute approximate surface area is 144 Å². The molecule has 1 heterocycles. The number of amides is 1. The van der Waals surface area contributed by atoms with Crippen LogP contribution in [0.25, 0.3) is 11.0 Å². The number of rotatable bonds is 5. The van der Waals surface area contributed by atoms with Crippen molar-refractivity contribution >= 4 is 34.4 Å². The minimum absolute atomic E-state index is 0.0932. The van der Waals surface area contributed by atoms with Crippen LogP contribution in [0.3, 0.4) is 0 Å². The topological polar surface area (TPSA) is 67.0 Å². The van der Waals surface area contributed by atoms with E-state index < -0.39 is 0 Å². The Morgan fingerprint density at radius 2 is 2.08 bits per heavy atom. The highest BCUT2D eigenvalue weighted by molar-refractivity contribution is 8.00. The van der Waals surface area contributed by atoms with Crippen LogP contribution >= 0.6 is 11.8 Å². The number of nitrogens with zero attached hydrogens (tertiary/aromatic N) is 1. The van der Waals surface area contributed by atoms with Gasteiger partial charge in [0.25, 0.3) is 0 Å². The van der Waals surface area contributed by atoms with Crippen molar-refractivity contribution in [2.45, 2.75) is 24.3 Å². The van der Waals surface area contributed by atoms with Gasteiger partial charge < -0.3 is 15.0 Å². The Balaban J connectivity index is 1.71. The molecule has 1 amide bonds. The van der Waals surface area contributed by atoms with Crippen LogP contribution < -0.4 is 10.1 Å². The summed E-state index contributed by atoms with van der Waals surface area (Å²) in [5.41, 5.74) is 3.60. The van der Waals surface area contributed by atoms with Crippen molar-refractivity contribution < 1.29 is 9.53 Å². The number of carbonyl (C=O) groups excluding carboxylic acids is 1. The lowest BCUT2D eigenvalue weighted by Crippen LogP contribution is -2.22. The van der Waals surface area contributed by atoms with Crippen molar-refractivity contribution in [3.63, 3.8) is 0 Å². The Kier molecular flexibility index (Phi) is 4.76. The van der Waals surface area contributed by atoms with Crippen molar-refractivity contribution in [1.82, 2.24) is 9.97 Å². The van der Waals surface area contributed by atoms with Crippen LogP contribution in [0.15, 0.2) is 47.6 Å². The summed E-state index contributed by atoms with van der Waals surface area (Å²) in [4.78, 5) is 20.2. The standard InChI is InChI=1S/C18H19N3O2S/c1-11-8-9-16(23-3)15(10-11)19-17(22)12(2)24-18-20-13-6-4-5-7-14(13)21-18/h4-10,12H,1-3H3,(H,19,22)(H,20,21)/t12-/m0/s1. The maximum Gasteiger partial charge on any atom is 0.237 e. The third-order valence-corrected chi connectivity index (χ3v) is 4.62. The molecule has 0 bridgehead atoms. The smallest absolute Gasteiger partial charge is 0.237 e. The number of H-pyrrole nitrogens is 1. The zero-order valence-corrected chi connectivity index (χ0v) is 14.6. The molecule has 0 fully saturated rings. The molecular weight excluding hydrogens is 322 g/mol. The number of benzene rings is 2. The SMILES string of the molecule is COc1ccc(C)cc1NC(=O)[C@H](C)Sc1nc2ccccc2[nH]1. The Morgan fingerprint density at radius 1 is 1.29 bits per heavy atom. The van der Waals surface area contributed by atoms with Crippen LogP contribution in [-0.4, -0.2) is 28.2 Å². The molecule has 0 radical (unpaired) electrons. The molecule has 2 aromatic carbocycles. The molecule has 0 aliphatic rings. The number of nitrogens with one attached hydrogen (secondary N) is 2. The molecule has 6 heteroatoms. The van der Waals surface area contributed by atoms with Gasteiger partial charge in [0.05, 0.1) is 29.1 Å². The minimum atomic E-state index is -0.296. The lowest BCUT2D eigenvalue weighted by atomic mass is 10.2. The molecule has 0 unspecified atom stereocenters. The summed E-state index contributed by atoms with van der Waals surface area (Å²) in [5, 5.41) is 3.37. The number of fused-ring (bicyclic) bond motifs is 1. The minimum Gasteiger partial charge on any atom is -0.495 e. The van der Waals surface area contributed by atoms with Gasteiger partial charge in [-0.25, -0.2) is 4.98 Å². The number of carbonyl (C=O) groups is 1. The maximum absolute atomic E-state index is 12.5. The van der Waals surface area contributed by atoms with Crippen LogP contribution in [0.5, 0.6) is 5.75 Å². The van der Waals surface area contributed by atoms with E-state index in [1.807, 2.05) is 56.3 Å². The first-order chi connectivity index (χ1) is 11.6. The predicted octanol–water partition coefficient (Wildman–Crippen LogP) is 4.00. The number of ether oxygens (including phenoxy) is 1. The fraction of sp³-hybridized carbons (Fsp3) is 0.222. The van der Waals surface area contributed by atoms with Gasteiger partial charge in [0, 0.05) is 0 Å². The van der Waals surface area contributed by atoms with E-state index in [2.05, 4.69) is 15.3 Å². The van der Waals surface area contributed by atoms with E-state index in [4.69, 9.17) is 4.74 Å². The molecule has 1 atom stereocenters. The number of aryl methyl sites for hydroxylation is 1. The molecule has 0 spiro atoms.